The summed E-state index contributed by atoms with van der Waals surface area (Å²) in [4.78, 5) is 12.2. The third-order valence-electron chi connectivity index (χ3n) is 2.97. The topological polar surface area (TPSA) is 17.1 Å². The molecule has 2 aromatic carbocycles. The summed E-state index contributed by atoms with van der Waals surface area (Å²) >= 11 is 5.86. The average Bonchev–Trinajstić information content (AvgIpc) is 2.39. The van der Waals surface area contributed by atoms with Crippen LogP contribution in [0.4, 0.5) is 17.6 Å². The van der Waals surface area contributed by atoms with Crippen molar-refractivity contribution in [3.8, 4) is 0 Å². The molecule has 0 bridgehead atoms. The summed E-state index contributed by atoms with van der Waals surface area (Å²) in [7, 11) is 0. The van der Waals surface area contributed by atoms with Gasteiger partial charge in [-0.15, -0.1) is 0 Å². The van der Waals surface area contributed by atoms with E-state index >= 15 is 0 Å². The first-order chi connectivity index (χ1) is 9.70. The third-order valence-corrected chi connectivity index (χ3v) is 3.37. The monoisotopic (exact) mass is 316 g/mol. The second-order valence-corrected chi connectivity index (χ2v) is 4.89. The zero-order valence-electron chi connectivity index (χ0n) is 10.8. The maximum Gasteiger partial charge on any atom is 0.417 e. The van der Waals surface area contributed by atoms with Crippen LogP contribution in [0.1, 0.15) is 27.0 Å². The van der Waals surface area contributed by atoms with Crippen LogP contribution in [0.5, 0.6) is 0 Å². The molecule has 0 saturated carbocycles. The highest BCUT2D eigenvalue weighted by Gasteiger charge is 2.35. The molecule has 0 fully saturated rings. The van der Waals surface area contributed by atoms with E-state index in [2.05, 4.69) is 0 Å². The molecular weight excluding hydrogens is 308 g/mol. The molecule has 0 aliphatic rings. The van der Waals surface area contributed by atoms with Crippen LogP contribution < -0.4 is 0 Å². The number of aryl methyl sites for hydroxylation is 1. The van der Waals surface area contributed by atoms with Crippen LogP contribution in [0.15, 0.2) is 36.4 Å². The minimum atomic E-state index is -4.74. The highest BCUT2D eigenvalue weighted by molar-refractivity contribution is 6.31. The van der Waals surface area contributed by atoms with Crippen molar-refractivity contribution < 1.29 is 22.4 Å². The van der Waals surface area contributed by atoms with Crippen molar-refractivity contribution in [2.24, 2.45) is 0 Å². The molecule has 2 aromatic rings. The average molecular weight is 317 g/mol. The minimum absolute atomic E-state index is 0.0262. The quantitative estimate of drug-likeness (QED) is 0.560. The van der Waals surface area contributed by atoms with Gasteiger partial charge in [0.25, 0.3) is 0 Å². The predicted octanol–water partition coefficient (Wildman–Crippen LogP) is 5.04. The number of hydrogen-bond donors (Lipinski definition) is 0. The van der Waals surface area contributed by atoms with Crippen LogP contribution in [0.2, 0.25) is 5.02 Å². The predicted molar refractivity (Wildman–Crippen MR) is 71.0 cm³/mol. The molecule has 6 heteroatoms. The SMILES string of the molecule is Cc1ccc(C(=O)c2cc(F)ccc2C(F)(F)F)cc1Cl. The van der Waals surface area contributed by atoms with Crippen LogP contribution >= 0.6 is 11.6 Å². The lowest BCUT2D eigenvalue weighted by molar-refractivity contribution is -0.137. The second-order valence-electron chi connectivity index (χ2n) is 4.48. The van der Waals surface area contributed by atoms with Crippen molar-refractivity contribution >= 4 is 17.4 Å². The lowest BCUT2D eigenvalue weighted by Gasteiger charge is -2.12. The number of halogens is 5. The lowest BCUT2D eigenvalue weighted by Crippen LogP contribution is -2.14. The summed E-state index contributed by atoms with van der Waals surface area (Å²) in [6, 6.07) is 5.94. The molecule has 110 valence electrons. The molecule has 0 aliphatic heterocycles. The van der Waals surface area contributed by atoms with Gasteiger partial charge in [-0.3, -0.25) is 4.79 Å². The number of rotatable bonds is 2. The Balaban J connectivity index is 2.57. The fourth-order valence-corrected chi connectivity index (χ4v) is 2.02. The standard InChI is InChI=1S/C15H9ClF4O/c1-8-2-3-9(6-13(8)16)14(21)11-7-10(17)4-5-12(11)15(18,19)20/h2-7H,1H3. The van der Waals surface area contributed by atoms with E-state index in [4.69, 9.17) is 11.6 Å². The van der Waals surface area contributed by atoms with Gasteiger partial charge in [0.05, 0.1) is 5.56 Å². The van der Waals surface area contributed by atoms with Crippen molar-refractivity contribution in [3.05, 3.63) is 69.5 Å². The van der Waals surface area contributed by atoms with Crippen LogP contribution in [-0.2, 0) is 6.18 Å². The largest absolute Gasteiger partial charge is 0.417 e. The molecule has 0 amide bonds. The van der Waals surface area contributed by atoms with Crippen LogP contribution in [0, 0.1) is 12.7 Å². The van der Waals surface area contributed by atoms with Gasteiger partial charge in [-0.25, -0.2) is 4.39 Å². The Morgan fingerprint density at radius 1 is 1.10 bits per heavy atom. The van der Waals surface area contributed by atoms with Gasteiger partial charge in [0.1, 0.15) is 5.82 Å². The Labute approximate surface area is 123 Å². The van der Waals surface area contributed by atoms with E-state index in [9.17, 15) is 22.4 Å². The van der Waals surface area contributed by atoms with Crippen molar-refractivity contribution in [3.63, 3.8) is 0 Å². The fraction of sp³-hybridized carbons (Fsp3) is 0.133. The number of hydrogen-bond acceptors (Lipinski definition) is 1. The molecule has 0 N–H and O–H groups in total. The Morgan fingerprint density at radius 2 is 1.76 bits per heavy atom. The molecule has 1 nitrogen and oxygen atoms in total. The normalized spacial score (nSPS) is 11.5. The van der Waals surface area contributed by atoms with Crippen LogP contribution in [-0.4, -0.2) is 5.78 Å². The van der Waals surface area contributed by atoms with Gasteiger partial charge in [-0.2, -0.15) is 13.2 Å². The van der Waals surface area contributed by atoms with Crippen molar-refractivity contribution in [2.75, 3.05) is 0 Å². The number of carbonyl (C=O) groups excluding carboxylic acids is 1. The van der Waals surface area contributed by atoms with Crippen molar-refractivity contribution in [1.82, 2.24) is 0 Å². The molecular formula is C15H9ClF4O. The molecule has 0 atom stereocenters. The number of benzene rings is 2. The number of ketones is 1. The molecule has 21 heavy (non-hydrogen) atoms. The second kappa shape index (κ2) is 5.48. The van der Waals surface area contributed by atoms with Crippen molar-refractivity contribution in [1.29, 1.82) is 0 Å². The first-order valence-electron chi connectivity index (χ1n) is 5.88. The van der Waals surface area contributed by atoms with Gasteiger partial charge in [-0.05, 0) is 36.8 Å². The van der Waals surface area contributed by atoms with Crippen molar-refractivity contribution in [2.45, 2.75) is 13.1 Å². The third kappa shape index (κ3) is 3.24. The Hall–Kier alpha value is -1.88. The number of alkyl halides is 3. The minimum Gasteiger partial charge on any atom is -0.289 e. The zero-order valence-corrected chi connectivity index (χ0v) is 11.5. The summed E-state index contributed by atoms with van der Waals surface area (Å²) in [5, 5.41) is 0.255. The molecule has 0 unspecified atom stereocenters. The lowest BCUT2D eigenvalue weighted by atomic mass is 9.97. The van der Waals surface area contributed by atoms with E-state index in [-0.39, 0.29) is 10.6 Å². The van der Waals surface area contributed by atoms with E-state index in [0.717, 1.165) is 0 Å². The molecule has 0 aliphatic carbocycles. The van der Waals surface area contributed by atoms with Crippen LogP contribution in [0.25, 0.3) is 0 Å². The van der Waals surface area contributed by atoms with E-state index < -0.39 is 28.9 Å². The molecule has 0 saturated heterocycles. The number of carbonyl (C=O) groups is 1. The highest BCUT2D eigenvalue weighted by Crippen LogP contribution is 2.33. The molecule has 0 radical (unpaired) electrons. The van der Waals surface area contributed by atoms with Gasteiger partial charge in [-0.1, -0.05) is 23.7 Å². The maximum absolute atomic E-state index is 13.2. The summed E-state index contributed by atoms with van der Waals surface area (Å²) in [6.45, 7) is 1.69. The van der Waals surface area contributed by atoms with E-state index in [1.54, 1.807) is 6.92 Å². The molecule has 0 aromatic heterocycles. The van der Waals surface area contributed by atoms with E-state index in [1.807, 2.05) is 0 Å². The van der Waals surface area contributed by atoms with Gasteiger partial charge < -0.3 is 0 Å². The van der Waals surface area contributed by atoms with Gasteiger partial charge in [0.15, 0.2) is 5.78 Å². The van der Waals surface area contributed by atoms with Gasteiger partial charge in [0.2, 0.25) is 0 Å². The molecule has 0 heterocycles. The highest BCUT2D eigenvalue weighted by atomic mass is 35.5. The van der Waals surface area contributed by atoms with Crippen LogP contribution in [0.3, 0.4) is 0 Å². The Bertz CT molecular complexity index is 707. The summed E-state index contributed by atoms with van der Waals surface area (Å²) < 4.78 is 51.9. The van der Waals surface area contributed by atoms with E-state index in [1.165, 1.54) is 18.2 Å². The first-order valence-corrected chi connectivity index (χ1v) is 6.25. The molecule has 2 rings (SSSR count). The first kappa shape index (κ1) is 15.5. The summed E-state index contributed by atoms with van der Waals surface area (Å²) in [5.74, 6) is -1.84. The van der Waals surface area contributed by atoms with Gasteiger partial charge >= 0.3 is 6.18 Å². The van der Waals surface area contributed by atoms with E-state index in [0.29, 0.717) is 23.8 Å². The summed E-state index contributed by atoms with van der Waals surface area (Å²) in [5.41, 5.74) is -1.25. The summed E-state index contributed by atoms with van der Waals surface area (Å²) in [6.07, 6.45) is -4.74. The Morgan fingerprint density at radius 3 is 2.33 bits per heavy atom. The maximum atomic E-state index is 13.2. The molecule has 0 spiro atoms. The van der Waals surface area contributed by atoms with Gasteiger partial charge in [0, 0.05) is 16.1 Å². The Kier molecular flexibility index (Phi) is 4.05. The zero-order chi connectivity index (χ0) is 15.8. The fourth-order valence-electron chi connectivity index (χ4n) is 1.84. The smallest absolute Gasteiger partial charge is 0.289 e.